The first-order chi connectivity index (χ1) is 41.4. The van der Waals surface area contributed by atoms with Crippen LogP contribution in [-0.4, -0.2) is 4.57 Å². The Kier molecular flexibility index (Phi) is 7.13. The number of anilines is 2. The average molecular weight is 922 g/mol. The number of hydrogen-bond acceptors (Lipinski definition) is 2. The number of nitrogens with zero attached hydrogens (tertiary/aromatic N) is 2. The minimum absolute atomic E-state index is 0.243. The monoisotopic (exact) mass is 921 g/mol. The van der Waals surface area contributed by atoms with Crippen molar-refractivity contribution in [3.05, 3.63) is 278 Å². The van der Waals surface area contributed by atoms with E-state index in [0.717, 1.165) is 65.7 Å². The Labute approximate surface area is 433 Å². The van der Waals surface area contributed by atoms with Crippen molar-refractivity contribution in [2.75, 3.05) is 4.90 Å². The molecule has 0 aliphatic carbocycles. The van der Waals surface area contributed by atoms with Crippen LogP contribution in [0.4, 0.5) is 11.4 Å². The van der Waals surface area contributed by atoms with Gasteiger partial charge in [0.05, 0.1) is 43.0 Å². The lowest BCUT2D eigenvalue weighted by Crippen LogP contribution is -2.16. The van der Waals surface area contributed by atoms with Crippen LogP contribution >= 0.6 is 0 Å². The van der Waals surface area contributed by atoms with Gasteiger partial charge in [-0.3, -0.25) is 0 Å². The van der Waals surface area contributed by atoms with Gasteiger partial charge < -0.3 is 13.9 Å². The highest BCUT2D eigenvalue weighted by molar-refractivity contribution is 6.16. The van der Waals surface area contributed by atoms with Gasteiger partial charge in [0.2, 0.25) is 0 Å². The summed E-state index contributed by atoms with van der Waals surface area (Å²) < 4.78 is 146. The minimum atomic E-state index is -0.851. The summed E-state index contributed by atoms with van der Waals surface area (Å²) in [6.07, 6.45) is 7.06. The first-order valence-electron chi connectivity index (χ1n) is 30.5. The Morgan fingerprint density at radius 3 is 1.96 bits per heavy atom. The summed E-state index contributed by atoms with van der Waals surface area (Å²) in [5.41, 5.74) is 4.65. The number of aromatic nitrogens is 1. The number of allylic oxidation sites excluding steroid dienone is 3. The lowest BCUT2D eigenvalue weighted by atomic mass is 9.96. The quantitative estimate of drug-likeness (QED) is 0.127. The zero-order chi connectivity index (χ0) is 60.3. The second kappa shape index (κ2) is 17.6. The highest BCUT2D eigenvalue weighted by Gasteiger charge is 2.20. The first-order valence-corrected chi connectivity index (χ1v) is 23.0. The molecule has 0 N–H and O–H groups in total. The number of benzene rings is 11. The molecule has 0 saturated heterocycles. The molecule has 0 radical (unpaired) electrons. The number of furan rings is 1. The van der Waals surface area contributed by atoms with E-state index in [0.29, 0.717) is 22.5 Å². The summed E-state index contributed by atoms with van der Waals surface area (Å²) in [6, 6.07) is 38.3. The SMILES string of the molecule is [2H]c1c([2H])c(-c2c([2H])c([2H])c([2H])c3c([2H])c([2H])c([2H])c([2H])c23)c([2H])c([2H])c1-c1c([2H])c([2H])c(N(/C(C=C)=C/C=C/c2ccccc2-n2c3ccccc3c3ccccc32)c2ccccc2-c2ccc3oc4c5ccccc5ccc4c3c2)c([2H])c1[2H]. The van der Waals surface area contributed by atoms with Crippen LogP contribution in [0.5, 0.6) is 0 Å². The third kappa shape index (κ3) is 7.31. The third-order valence-corrected chi connectivity index (χ3v) is 12.9. The zero-order valence-electron chi connectivity index (χ0n) is 52.8. The van der Waals surface area contributed by atoms with Crippen molar-refractivity contribution >= 4 is 82.7 Å². The van der Waals surface area contributed by atoms with E-state index >= 15 is 0 Å². The van der Waals surface area contributed by atoms with Gasteiger partial charge in [-0.1, -0.05) is 206 Å². The van der Waals surface area contributed by atoms with Gasteiger partial charge in [-0.05, 0) is 116 Å². The molecule has 0 unspecified atom stereocenters. The molecule has 11 aromatic carbocycles. The number of rotatable bonds is 10. The van der Waals surface area contributed by atoms with Gasteiger partial charge in [0.1, 0.15) is 11.2 Å². The summed E-state index contributed by atoms with van der Waals surface area (Å²) in [5, 5.41) is 4.97. The van der Waals surface area contributed by atoms with Gasteiger partial charge in [0.25, 0.3) is 0 Å². The predicted octanol–water partition coefficient (Wildman–Crippen LogP) is 18.9. The van der Waals surface area contributed by atoms with Crippen LogP contribution < -0.4 is 4.90 Å². The molecule has 334 valence electrons. The Balaban J connectivity index is 1.01. The Morgan fingerprint density at radius 2 is 1.15 bits per heavy atom. The maximum Gasteiger partial charge on any atom is 0.143 e. The fourth-order valence-electron chi connectivity index (χ4n) is 9.58. The van der Waals surface area contributed by atoms with Gasteiger partial charge in [-0.25, -0.2) is 0 Å². The molecule has 13 aromatic rings. The molecule has 0 spiro atoms. The number of para-hydroxylation sites is 4. The maximum absolute atomic E-state index is 9.93. The van der Waals surface area contributed by atoms with Gasteiger partial charge in [0, 0.05) is 43.9 Å². The van der Waals surface area contributed by atoms with E-state index in [1.54, 1.807) is 29.2 Å². The highest BCUT2D eigenvalue weighted by Crippen LogP contribution is 2.42. The van der Waals surface area contributed by atoms with Crippen molar-refractivity contribution in [1.29, 1.82) is 0 Å². The minimum Gasteiger partial charge on any atom is -0.455 e. The lowest BCUT2D eigenvalue weighted by molar-refractivity contribution is 0.672. The molecular formula is C68H46N2O. The molecule has 2 aromatic heterocycles. The summed E-state index contributed by atoms with van der Waals surface area (Å²) >= 11 is 0. The van der Waals surface area contributed by atoms with Crippen molar-refractivity contribution in [2.45, 2.75) is 0 Å². The normalized spacial score (nSPS) is 15.0. The lowest BCUT2D eigenvalue weighted by Gasteiger charge is -2.28. The fraction of sp³-hybridized carbons (Fsp3) is 0. The molecule has 0 fully saturated rings. The smallest absolute Gasteiger partial charge is 0.143 e. The van der Waals surface area contributed by atoms with E-state index in [2.05, 4.69) is 35.4 Å². The largest absolute Gasteiger partial charge is 0.455 e. The fourth-order valence-corrected chi connectivity index (χ4v) is 9.58. The summed E-state index contributed by atoms with van der Waals surface area (Å²) in [6.45, 7) is 4.23. The van der Waals surface area contributed by atoms with E-state index in [1.807, 2.05) is 127 Å². The molecular weight excluding hydrogens is 861 g/mol. The van der Waals surface area contributed by atoms with Crippen LogP contribution in [0.15, 0.2) is 277 Å². The van der Waals surface area contributed by atoms with Gasteiger partial charge in [-0.2, -0.15) is 0 Å². The summed E-state index contributed by atoms with van der Waals surface area (Å²) in [4.78, 5) is 1.58. The second-order valence-corrected chi connectivity index (χ2v) is 16.9. The van der Waals surface area contributed by atoms with Crippen LogP contribution in [0.3, 0.4) is 0 Å². The molecule has 3 nitrogen and oxygen atoms in total. The van der Waals surface area contributed by atoms with Crippen molar-refractivity contribution < 1.29 is 25.0 Å². The second-order valence-electron chi connectivity index (χ2n) is 16.9. The van der Waals surface area contributed by atoms with Crippen molar-refractivity contribution in [1.82, 2.24) is 4.57 Å². The zero-order valence-corrected chi connectivity index (χ0v) is 37.8. The van der Waals surface area contributed by atoms with E-state index in [4.69, 9.17) is 14.0 Å². The molecule has 0 atom stereocenters. The average Bonchev–Trinajstić information content (AvgIpc) is 1.07. The molecule has 0 amide bonds. The van der Waals surface area contributed by atoms with Crippen molar-refractivity contribution in [2.24, 2.45) is 0 Å². The molecule has 0 bridgehead atoms. The molecule has 0 aliphatic heterocycles. The van der Waals surface area contributed by atoms with Gasteiger partial charge >= 0.3 is 0 Å². The highest BCUT2D eigenvalue weighted by atomic mass is 16.3. The van der Waals surface area contributed by atoms with Crippen molar-refractivity contribution in [3.63, 3.8) is 0 Å². The van der Waals surface area contributed by atoms with Crippen molar-refractivity contribution in [3.8, 4) is 39.1 Å². The topological polar surface area (TPSA) is 21.3 Å². The molecule has 71 heavy (non-hydrogen) atoms. The number of hydrogen-bond donors (Lipinski definition) is 0. The molecule has 3 heteroatoms. The third-order valence-electron chi connectivity index (χ3n) is 12.9. The predicted molar refractivity (Wildman–Crippen MR) is 302 cm³/mol. The van der Waals surface area contributed by atoms with Crippen LogP contribution in [0.2, 0.25) is 0 Å². The van der Waals surface area contributed by atoms with Crippen LogP contribution in [0.25, 0.3) is 110 Å². The Morgan fingerprint density at radius 1 is 0.493 bits per heavy atom. The molecule has 0 saturated carbocycles. The van der Waals surface area contributed by atoms with E-state index in [1.165, 1.54) is 0 Å². The van der Waals surface area contributed by atoms with Gasteiger partial charge in [0.15, 0.2) is 0 Å². The van der Waals surface area contributed by atoms with Gasteiger partial charge in [-0.15, -0.1) is 0 Å². The van der Waals surface area contributed by atoms with E-state index in [9.17, 15) is 11.0 Å². The Hall–Kier alpha value is -9.44. The summed E-state index contributed by atoms with van der Waals surface area (Å²) in [7, 11) is 0. The molecule has 2 heterocycles. The molecule has 13 rings (SSSR count). The van der Waals surface area contributed by atoms with Crippen LogP contribution in [0.1, 0.15) is 26.1 Å². The van der Waals surface area contributed by atoms with E-state index < -0.39 is 124 Å². The molecule has 0 aliphatic rings. The Bertz CT molecular complexity index is 5060. The van der Waals surface area contributed by atoms with Crippen LogP contribution in [-0.2, 0) is 0 Å². The standard InChI is InChI=1S/C68H46N2O/c1-2-53(22-15-21-51-19-5-11-29-63(51)70-65-31-13-9-26-59(65)60-27-10-14-32-66(60)70)69(54-41-37-47(38-42-54)46-33-35-50(36-34-46)56-28-16-20-48-17-3-6-23-55(48)56)64-30-12-8-24-57(64)52-40-44-67-62(45-52)61-43-39-49-18-4-7-25-58(49)68(61)71-67/h2-45H,1H2/b21-15+,53-22+/i3D,6D,16D,17D,20D,23D,28D,33D,34D,35D,36D,37D,38D,41D,42D. The van der Waals surface area contributed by atoms with Crippen LogP contribution in [0, 0.1) is 0 Å². The number of fused-ring (bicyclic) bond motifs is 9. The van der Waals surface area contributed by atoms with E-state index in [-0.39, 0.29) is 5.69 Å². The first kappa shape index (κ1) is 28.8. The maximum atomic E-state index is 9.93. The summed E-state index contributed by atoms with van der Waals surface area (Å²) in [5.74, 6) is 0.